The van der Waals surface area contributed by atoms with Crippen LogP contribution in [0.5, 0.6) is 0 Å². The van der Waals surface area contributed by atoms with Crippen molar-refractivity contribution < 1.29 is 4.79 Å². The number of carbonyl (C=O) groups is 1. The molecule has 1 amide bonds. The van der Waals surface area contributed by atoms with Gasteiger partial charge in [-0.1, -0.05) is 31.5 Å². The van der Waals surface area contributed by atoms with Gasteiger partial charge in [-0.15, -0.1) is 0 Å². The maximum Gasteiger partial charge on any atom is 0.212 e. The molecule has 3 aromatic rings. The van der Waals surface area contributed by atoms with Crippen molar-refractivity contribution in [2.24, 2.45) is 0 Å². The number of halogens is 1. The van der Waals surface area contributed by atoms with Crippen LogP contribution >= 0.6 is 23.1 Å². The highest BCUT2D eigenvalue weighted by Crippen LogP contribution is 2.35. The summed E-state index contributed by atoms with van der Waals surface area (Å²) in [5, 5.41) is 4.24. The summed E-state index contributed by atoms with van der Waals surface area (Å²) in [5.74, 6) is 0.896. The van der Waals surface area contributed by atoms with Gasteiger partial charge in [-0.25, -0.2) is 4.98 Å². The fourth-order valence-electron chi connectivity index (χ4n) is 2.34. The molecule has 0 bridgehead atoms. The Morgan fingerprint density at radius 1 is 1.32 bits per heavy atom. The van der Waals surface area contributed by atoms with E-state index in [9.17, 15) is 4.79 Å². The van der Waals surface area contributed by atoms with Gasteiger partial charge in [0.1, 0.15) is 5.82 Å². The van der Waals surface area contributed by atoms with Crippen molar-refractivity contribution in [3.05, 3.63) is 40.4 Å². The minimum atomic E-state index is 0.422. The Hall–Kier alpha value is -1.98. The standard InChI is InChI=1S/C16H14ClN3OS/c1-9(2)16-12-5-10(3-4-14(12)20-22-16)11-6-15(19-8-21)18-7-13(11)17/h3-9H,1-2H3,(H,18,19,21). The van der Waals surface area contributed by atoms with Crippen LogP contribution in [0.3, 0.4) is 0 Å². The number of carbonyl (C=O) groups excluding carboxylic acids is 1. The number of hydrogen-bond donors (Lipinski definition) is 1. The number of fused-ring (bicyclic) bond motifs is 1. The first kappa shape index (κ1) is 14.9. The van der Waals surface area contributed by atoms with E-state index in [2.05, 4.69) is 34.6 Å². The van der Waals surface area contributed by atoms with Gasteiger partial charge in [0.15, 0.2) is 0 Å². The molecule has 0 saturated carbocycles. The third-order valence-electron chi connectivity index (χ3n) is 3.40. The number of pyridine rings is 1. The first-order valence-corrected chi connectivity index (χ1v) is 8.00. The second-order valence-electron chi connectivity index (χ2n) is 5.25. The van der Waals surface area contributed by atoms with Crippen molar-refractivity contribution in [3.63, 3.8) is 0 Å². The highest BCUT2D eigenvalue weighted by atomic mass is 35.5. The molecule has 4 nitrogen and oxygen atoms in total. The Kier molecular flexibility index (Phi) is 4.09. The van der Waals surface area contributed by atoms with Crippen LogP contribution in [0.4, 0.5) is 5.82 Å². The van der Waals surface area contributed by atoms with Gasteiger partial charge in [0.05, 0.1) is 10.5 Å². The van der Waals surface area contributed by atoms with E-state index in [0.717, 1.165) is 22.0 Å². The summed E-state index contributed by atoms with van der Waals surface area (Å²) in [5.41, 5.74) is 2.81. The van der Waals surface area contributed by atoms with E-state index in [0.29, 0.717) is 23.2 Å². The number of amides is 1. The Bertz CT molecular complexity index is 845. The van der Waals surface area contributed by atoms with Gasteiger partial charge in [0, 0.05) is 22.0 Å². The molecule has 0 aliphatic rings. The predicted molar refractivity (Wildman–Crippen MR) is 91.6 cm³/mol. The molecule has 1 aromatic carbocycles. The van der Waals surface area contributed by atoms with Crippen molar-refractivity contribution in [1.29, 1.82) is 0 Å². The number of anilines is 1. The number of nitrogens with zero attached hydrogens (tertiary/aromatic N) is 2. The van der Waals surface area contributed by atoms with Crippen molar-refractivity contribution >= 4 is 46.3 Å². The number of benzene rings is 1. The zero-order valence-electron chi connectivity index (χ0n) is 12.1. The number of nitrogens with one attached hydrogen (secondary N) is 1. The Morgan fingerprint density at radius 3 is 2.86 bits per heavy atom. The highest BCUT2D eigenvalue weighted by molar-refractivity contribution is 7.07. The van der Waals surface area contributed by atoms with Crippen LogP contribution in [0.25, 0.3) is 22.0 Å². The number of hydrogen-bond acceptors (Lipinski definition) is 4. The van der Waals surface area contributed by atoms with Crippen LogP contribution in [-0.2, 0) is 4.79 Å². The second-order valence-corrected chi connectivity index (χ2v) is 6.46. The van der Waals surface area contributed by atoms with Gasteiger partial charge in [-0.05, 0) is 41.2 Å². The number of aromatic nitrogens is 2. The first-order valence-electron chi connectivity index (χ1n) is 6.85. The molecule has 6 heteroatoms. The van der Waals surface area contributed by atoms with E-state index < -0.39 is 0 Å². The maximum atomic E-state index is 10.6. The summed E-state index contributed by atoms with van der Waals surface area (Å²) in [6.45, 7) is 4.32. The molecule has 0 fully saturated rings. The Balaban J connectivity index is 2.15. The lowest BCUT2D eigenvalue weighted by Crippen LogP contribution is -1.97. The number of rotatable bonds is 4. The minimum Gasteiger partial charge on any atom is -0.313 e. The zero-order valence-corrected chi connectivity index (χ0v) is 13.7. The maximum absolute atomic E-state index is 10.6. The Labute approximate surface area is 137 Å². The quantitative estimate of drug-likeness (QED) is 0.705. The van der Waals surface area contributed by atoms with Crippen LogP contribution in [0.15, 0.2) is 30.5 Å². The summed E-state index contributed by atoms with van der Waals surface area (Å²) < 4.78 is 4.48. The minimum absolute atomic E-state index is 0.422. The summed E-state index contributed by atoms with van der Waals surface area (Å²) >= 11 is 7.80. The lowest BCUT2D eigenvalue weighted by Gasteiger charge is -2.08. The molecule has 2 aromatic heterocycles. The van der Waals surface area contributed by atoms with Crippen LogP contribution in [0, 0.1) is 0 Å². The third kappa shape index (κ3) is 2.69. The molecule has 112 valence electrons. The van der Waals surface area contributed by atoms with Gasteiger partial charge >= 0.3 is 0 Å². The molecule has 1 N–H and O–H groups in total. The van der Waals surface area contributed by atoms with Gasteiger partial charge in [-0.2, -0.15) is 4.37 Å². The van der Waals surface area contributed by atoms with Gasteiger partial charge in [-0.3, -0.25) is 4.79 Å². The topological polar surface area (TPSA) is 54.9 Å². The van der Waals surface area contributed by atoms with E-state index >= 15 is 0 Å². The molecule has 0 unspecified atom stereocenters. The largest absolute Gasteiger partial charge is 0.313 e. The molecule has 0 radical (unpaired) electrons. The van der Waals surface area contributed by atoms with Crippen molar-refractivity contribution in [2.75, 3.05) is 5.32 Å². The summed E-state index contributed by atoms with van der Waals surface area (Å²) in [4.78, 5) is 15.9. The second kappa shape index (κ2) is 6.02. The van der Waals surface area contributed by atoms with Gasteiger partial charge in [0.25, 0.3) is 0 Å². The van der Waals surface area contributed by atoms with E-state index in [4.69, 9.17) is 11.6 Å². The molecule has 0 atom stereocenters. The molecular weight excluding hydrogens is 318 g/mol. The molecule has 2 heterocycles. The van der Waals surface area contributed by atoms with Crippen molar-refractivity contribution in [2.45, 2.75) is 19.8 Å². The normalized spacial score (nSPS) is 11.1. The summed E-state index contributed by atoms with van der Waals surface area (Å²) in [7, 11) is 0. The third-order valence-corrected chi connectivity index (χ3v) is 4.88. The van der Waals surface area contributed by atoms with Crippen LogP contribution < -0.4 is 5.32 Å². The van der Waals surface area contributed by atoms with Gasteiger partial charge < -0.3 is 5.32 Å². The van der Waals surface area contributed by atoms with Gasteiger partial charge in [0.2, 0.25) is 6.41 Å². The molecule has 0 aliphatic heterocycles. The van der Waals surface area contributed by atoms with E-state index in [1.54, 1.807) is 12.3 Å². The smallest absolute Gasteiger partial charge is 0.212 e. The molecule has 0 saturated heterocycles. The summed E-state index contributed by atoms with van der Waals surface area (Å²) in [6.07, 6.45) is 2.14. The van der Waals surface area contributed by atoms with Crippen molar-refractivity contribution in [1.82, 2.24) is 9.36 Å². The average Bonchev–Trinajstić information content (AvgIpc) is 2.92. The molecule has 22 heavy (non-hydrogen) atoms. The first-order chi connectivity index (χ1) is 10.6. The molecule has 0 spiro atoms. The Morgan fingerprint density at radius 2 is 2.14 bits per heavy atom. The monoisotopic (exact) mass is 331 g/mol. The zero-order chi connectivity index (χ0) is 15.7. The lowest BCUT2D eigenvalue weighted by atomic mass is 10.0. The molecular formula is C16H14ClN3OS. The fraction of sp³-hybridized carbons (Fsp3) is 0.188. The fourth-order valence-corrected chi connectivity index (χ4v) is 3.38. The van der Waals surface area contributed by atoms with E-state index in [-0.39, 0.29) is 0 Å². The highest BCUT2D eigenvalue weighted by Gasteiger charge is 2.12. The SMILES string of the molecule is CC(C)c1snc2ccc(-c3cc(NC=O)ncc3Cl)cc12. The average molecular weight is 332 g/mol. The predicted octanol–water partition coefficient (Wildman–Crippen LogP) is 4.70. The van der Waals surface area contributed by atoms with Crippen molar-refractivity contribution in [3.8, 4) is 11.1 Å². The lowest BCUT2D eigenvalue weighted by molar-refractivity contribution is -0.105. The van der Waals surface area contributed by atoms with E-state index in [1.165, 1.54) is 16.4 Å². The molecule has 0 aliphatic carbocycles. The van der Waals surface area contributed by atoms with Crippen LogP contribution in [0.1, 0.15) is 24.6 Å². The van der Waals surface area contributed by atoms with Crippen LogP contribution in [-0.4, -0.2) is 15.8 Å². The summed E-state index contributed by atoms with van der Waals surface area (Å²) in [6, 6.07) is 7.85. The molecule has 3 rings (SSSR count). The van der Waals surface area contributed by atoms with Crippen LogP contribution in [0.2, 0.25) is 5.02 Å². The van der Waals surface area contributed by atoms with E-state index in [1.807, 2.05) is 12.1 Å².